The van der Waals surface area contributed by atoms with E-state index in [1.54, 1.807) is 5.51 Å². The van der Waals surface area contributed by atoms with Gasteiger partial charge in [-0.25, -0.2) is 4.98 Å². The fourth-order valence-corrected chi connectivity index (χ4v) is 6.32. The van der Waals surface area contributed by atoms with Crippen LogP contribution in [-0.4, -0.2) is 89.0 Å². The number of aromatic nitrogens is 1. The normalized spacial score (nSPS) is 16.3. The van der Waals surface area contributed by atoms with Gasteiger partial charge in [0, 0.05) is 39.4 Å². The Morgan fingerprint density at radius 1 is 1.06 bits per heavy atom. The number of carbonyl (C=O) groups excluding carboxylic acids is 5. The largest absolute Gasteiger partial charge is 0.391 e. The molecule has 1 fully saturated rings. The van der Waals surface area contributed by atoms with Gasteiger partial charge in [-0.15, -0.1) is 17.8 Å². The van der Waals surface area contributed by atoms with Crippen molar-refractivity contribution in [2.45, 2.75) is 97.6 Å². The number of β-amino-alcohol motifs (C(OH)–C–C–N with tert-alkyl or cyclic N) is 1. The van der Waals surface area contributed by atoms with Crippen LogP contribution in [0.15, 0.2) is 29.8 Å². The highest BCUT2D eigenvalue weighted by Gasteiger charge is 2.44. The number of unbranched alkanes of at least 4 members (excludes halogenated alkanes) is 3. The van der Waals surface area contributed by atoms with Gasteiger partial charge >= 0.3 is 0 Å². The van der Waals surface area contributed by atoms with E-state index in [-0.39, 0.29) is 69.3 Å². The molecule has 1 aromatic heterocycles. The number of benzene rings is 1. The van der Waals surface area contributed by atoms with Crippen LogP contribution in [-0.2, 0) is 41.9 Å². The number of rotatable bonds is 18. The highest BCUT2D eigenvalue weighted by atomic mass is 32.1. The number of ether oxygens (including phenoxy) is 1. The number of hydrogen-bond donors (Lipinski definition) is 5. The summed E-state index contributed by atoms with van der Waals surface area (Å²) in [4.78, 5) is 69.4. The zero-order valence-corrected chi connectivity index (χ0v) is 30.2. The van der Waals surface area contributed by atoms with Crippen molar-refractivity contribution in [3.05, 3.63) is 41.0 Å². The summed E-state index contributed by atoms with van der Waals surface area (Å²) in [6.45, 7) is 8.02. The molecule has 13 nitrogen and oxygen atoms in total. The molecule has 5 amide bonds. The second-order valence-electron chi connectivity index (χ2n) is 13.4. The minimum absolute atomic E-state index is 0.00115. The van der Waals surface area contributed by atoms with E-state index in [0.29, 0.717) is 18.7 Å². The van der Waals surface area contributed by atoms with Gasteiger partial charge in [-0.2, -0.15) is 0 Å². The Balaban J connectivity index is 1.54. The van der Waals surface area contributed by atoms with Crippen LogP contribution in [0, 0.1) is 17.8 Å². The lowest BCUT2D eigenvalue weighted by atomic mass is 9.85. The summed E-state index contributed by atoms with van der Waals surface area (Å²) in [5, 5.41) is 21.6. The Hall–Kier alpha value is -4.32. The fourth-order valence-electron chi connectivity index (χ4n) is 5.51. The average molecular weight is 711 g/mol. The standard InChI is InChI=1S/C36H50N6O7S/c1-6-16-38-31(46)22-49-21-28-32(50-23-40-28)26-14-12-25(13-15-26)19-39-34(47)29-18-27(44)20-42(29)35(48)33(36(3,4)5)41-30(45)11-9-7-8-10-17-37-24(2)43/h1,12-15,23,27,29,33,44H,7-11,16-22H2,2-5H3,(H,37,43)(H,38,46)(H,39,47)(H,41,45)/t27-,29+,33-/m1/s1. The SMILES string of the molecule is C#CCNC(=O)COCc1ncsc1-c1ccc(CNC(=O)[C@@H]2C[C@@H](O)CN2C(=O)[C@@H](NC(=O)CCCCCCNC(C)=O)C(C)(C)C)cc1. The molecule has 1 aliphatic rings. The molecule has 3 rings (SSSR count). The van der Waals surface area contributed by atoms with Crippen LogP contribution in [0.5, 0.6) is 0 Å². The molecule has 0 spiro atoms. The van der Waals surface area contributed by atoms with Crippen molar-refractivity contribution in [1.82, 2.24) is 31.2 Å². The predicted molar refractivity (Wildman–Crippen MR) is 190 cm³/mol. The molecule has 272 valence electrons. The van der Waals surface area contributed by atoms with Crippen molar-refractivity contribution in [2.75, 3.05) is 26.2 Å². The maximum atomic E-state index is 13.8. The van der Waals surface area contributed by atoms with Gasteiger partial charge in [-0.1, -0.05) is 63.8 Å². The number of nitrogens with zero attached hydrogens (tertiary/aromatic N) is 2. The van der Waals surface area contributed by atoms with E-state index >= 15 is 0 Å². The van der Waals surface area contributed by atoms with Crippen LogP contribution < -0.4 is 21.3 Å². The van der Waals surface area contributed by atoms with Gasteiger partial charge in [0.25, 0.3) is 0 Å². The number of aliphatic hydroxyl groups is 1. The van der Waals surface area contributed by atoms with E-state index in [4.69, 9.17) is 11.2 Å². The molecule has 1 aliphatic heterocycles. The Labute approximate surface area is 298 Å². The van der Waals surface area contributed by atoms with Crippen molar-refractivity contribution in [1.29, 1.82) is 0 Å². The van der Waals surface area contributed by atoms with Gasteiger partial charge < -0.3 is 36.0 Å². The number of carbonyl (C=O) groups is 5. The number of likely N-dealkylation sites (tertiary alicyclic amines) is 1. The Kier molecular flexibility index (Phi) is 15.9. The van der Waals surface area contributed by atoms with Crippen molar-refractivity contribution in [3.63, 3.8) is 0 Å². The zero-order valence-electron chi connectivity index (χ0n) is 29.4. The maximum Gasteiger partial charge on any atom is 0.246 e. The van der Waals surface area contributed by atoms with E-state index < -0.39 is 29.5 Å². The molecule has 5 N–H and O–H groups in total. The predicted octanol–water partition coefficient (Wildman–Crippen LogP) is 2.27. The summed E-state index contributed by atoms with van der Waals surface area (Å²) >= 11 is 1.45. The topological polar surface area (TPSA) is 179 Å². The molecule has 0 bridgehead atoms. The first-order valence-electron chi connectivity index (χ1n) is 16.9. The molecule has 0 radical (unpaired) electrons. The van der Waals surface area contributed by atoms with Crippen LogP contribution in [0.3, 0.4) is 0 Å². The number of nitrogens with one attached hydrogen (secondary N) is 4. The van der Waals surface area contributed by atoms with Crippen LogP contribution >= 0.6 is 11.3 Å². The quantitative estimate of drug-likeness (QED) is 0.116. The van der Waals surface area contributed by atoms with Crippen molar-refractivity contribution < 1.29 is 33.8 Å². The first-order valence-corrected chi connectivity index (χ1v) is 17.8. The molecule has 2 aromatic rings. The van der Waals surface area contributed by atoms with Crippen molar-refractivity contribution in [3.8, 4) is 22.8 Å². The second kappa shape index (κ2) is 19.8. The van der Waals surface area contributed by atoms with Gasteiger partial charge in [-0.3, -0.25) is 24.0 Å². The summed E-state index contributed by atoms with van der Waals surface area (Å²) < 4.78 is 5.50. The molecule has 0 saturated carbocycles. The number of amides is 5. The lowest BCUT2D eigenvalue weighted by Gasteiger charge is -2.35. The number of thiazole rings is 1. The zero-order chi connectivity index (χ0) is 36.7. The van der Waals surface area contributed by atoms with Crippen LogP contribution in [0.2, 0.25) is 0 Å². The van der Waals surface area contributed by atoms with Crippen molar-refractivity contribution in [2.24, 2.45) is 5.41 Å². The molecular weight excluding hydrogens is 660 g/mol. The lowest BCUT2D eigenvalue weighted by molar-refractivity contribution is -0.144. The molecule has 1 aromatic carbocycles. The third kappa shape index (κ3) is 12.9. The van der Waals surface area contributed by atoms with Gasteiger partial charge in [0.15, 0.2) is 0 Å². The van der Waals surface area contributed by atoms with E-state index in [1.165, 1.54) is 23.2 Å². The molecular formula is C36H50N6O7S. The lowest BCUT2D eigenvalue weighted by Crippen LogP contribution is -2.57. The smallest absolute Gasteiger partial charge is 0.246 e. The summed E-state index contributed by atoms with van der Waals surface area (Å²) in [5.74, 6) is 0.936. The van der Waals surface area contributed by atoms with Crippen molar-refractivity contribution >= 4 is 40.9 Å². The fraction of sp³-hybridized carbons (Fsp3) is 0.556. The molecule has 0 aliphatic carbocycles. The minimum Gasteiger partial charge on any atom is -0.391 e. The van der Waals surface area contributed by atoms with Gasteiger partial charge in [-0.05, 0) is 29.4 Å². The van der Waals surface area contributed by atoms with Crippen LogP contribution in [0.4, 0.5) is 0 Å². The Morgan fingerprint density at radius 2 is 1.78 bits per heavy atom. The van der Waals surface area contributed by atoms with E-state index in [1.807, 2.05) is 45.0 Å². The minimum atomic E-state index is -0.879. The highest BCUT2D eigenvalue weighted by Crippen LogP contribution is 2.29. The molecule has 3 atom stereocenters. The maximum absolute atomic E-state index is 13.8. The van der Waals surface area contributed by atoms with Gasteiger partial charge in [0.2, 0.25) is 29.5 Å². The molecule has 1 saturated heterocycles. The third-order valence-electron chi connectivity index (χ3n) is 8.17. The monoisotopic (exact) mass is 710 g/mol. The number of terminal acetylenes is 1. The summed E-state index contributed by atoms with van der Waals surface area (Å²) in [5.41, 5.74) is 3.51. The van der Waals surface area contributed by atoms with E-state index in [9.17, 15) is 29.1 Å². The van der Waals surface area contributed by atoms with E-state index in [0.717, 1.165) is 35.3 Å². The summed E-state index contributed by atoms with van der Waals surface area (Å²) in [6.07, 6.45) is 7.83. The number of aliphatic hydroxyl groups excluding tert-OH is 1. The first-order chi connectivity index (χ1) is 23.8. The average Bonchev–Trinajstić information content (AvgIpc) is 3.70. The van der Waals surface area contributed by atoms with Crippen LogP contribution in [0.1, 0.15) is 77.5 Å². The summed E-state index contributed by atoms with van der Waals surface area (Å²) in [7, 11) is 0. The molecule has 2 heterocycles. The van der Waals surface area contributed by atoms with Gasteiger partial charge in [0.05, 0.1) is 35.3 Å². The molecule has 0 unspecified atom stereocenters. The highest BCUT2D eigenvalue weighted by molar-refractivity contribution is 7.13. The van der Waals surface area contributed by atoms with Crippen LogP contribution in [0.25, 0.3) is 10.4 Å². The Morgan fingerprint density at radius 3 is 2.46 bits per heavy atom. The Bertz CT molecular complexity index is 1500. The van der Waals surface area contributed by atoms with E-state index in [2.05, 4.69) is 32.2 Å². The second-order valence-corrected chi connectivity index (χ2v) is 14.3. The van der Waals surface area contributed by atoms with Gasteiger partial charge in [0.1, 0.15) is 18.7 Å². The molecule has 50 heavy (non-hydrogen) atoms. The number of hydrogen-bond acceptors (Lipinski definition) is 9. The summed E-state index contributed by atoms with van der Waals surface area (Å²) in [6, 6.07) is 5.83. The third-order valence-corrected chi connectivity index (χ3v) is 9.09. The first kappa shape index (κ1) is 40.1. The molecule has 14 heteroatoms.